The second kappa shape index (κ2) is 10.8. The molecule has 1 amide bonds. The fourth-order valence-electron chi connectivity index (χ4n) is 4.67. The molecule has 2 atom stereocenters. The molecule has 37 heavy (non-hydrogen) atoms. The number of fused-ring (bicyclic) bond motifs is 1. The van der Waals surface area contributed by atoms with Gasteiger partial charge in [0, 0.05) is 29.7 Å². The topological polar surface area (TPSA) is 96.7 Å². The van der Waals surface area contributed by atoms with E-state index in [0.29, 0.717) is 28.4 Å². The summed E-state index contributed by atoms with van der Waals surface area (Å²) >= 11 is 6.43. The second-order valence-corrected chi connectivity index (χ2v) is 10.8. The maximum atomic E-state index is 13.1. The lowest BCUT2D eigenvalue weighted by atomic mass is 10.0. The molecule has 2 aliphatic rings. The molecular formula is C28H33ClN4O4. The maximum absolute atomic E-state index is 13.1. The Bertz CT molecular complexity index is 1300. The van der Waals surface area contributed by atoms with Gasteiger partial charge in [-0.25, -0.2) is 0 Å². The number of carbonyl (C=O) groups is 2. The van der Waals surface area contributed by atoms with Crippen molar-refractivity contribution >= 4 is 34.2 Å². The van der Waals surface area contributed by atoms with Crippen LogP contribution in [0.25, 0.3) is 10.9 Å². The SMILES string of the molecule is CC(C)n1cc2ccc(C(=O)C(=O)N[C@H](CN3CCCC3)[C@H](O)c3ccc(OC4CC4)c(Cl)c3)cc2n1. The molecule has 2 heterocycles. The summed E-state index contributed by atoms with van der Waals surface area (Å²) in [4.78, 5) is 28.4. The van der Waals surface area contributed by atoms with E-state index in [1.54, 1.807) is 36.4 Å². The third-order valence-corrected chi connectivity index (χ3v) is 7.28. The molecule has 5 rings (SSSR count). The van der Waals surface area contributed by atoms with E-state index < -0.39 is 23.8 Å². The van der Waals surface area contributed by atoms with Crippen molar-refractivity contribution in [2.24, 2.45) is 0 Å². The third kappa shape index (κ3) is 5.98. The van der Waals surface area contributed by atoms with Gasteiger partial charge in [0.15, 0.2) is 0 Å². The lowest BCUT2D eigenvalue weighted by Crippen LogP contribution is -2.48. The first-order valence-corrected chi connectivity index (χ1v) is 13.4. The monoisotopic (exact) mass is 524 g/mol. The van der Waals surface area contributed by atoms with Crippen molar-refractivity contribution in [2.75, 3.05) is 19.6 Å². The molecule has 1 saturated heterocycles. The molecule has 8 nitrogen and oxygen atoms in total. The molecular weight excluding hydrogens is 492 g/mol. The highest BCUT2D eigenvalue weighted by Crippen LogP contribution is 2.34. The Morgan fingerprint density at radius 3 is 2.59 bits per heavy atom. The van der Waals surface area contributed by atoms with Crippen molar-refractivity contribution in [1.82, 2.24) is 20.0 Å². The number of Topliss-reactive ketones (excluding diaryl/α,β-unsaturated/α-hetero) is 1. The first kappa shape index (κ1) is 25.7. The lowest BCUT2D eigenvalue weighted by Gasteiger charge is -2.28. The van der Waals surface area contributed by atoms with Gasteiger partial charge < -0.3 is 20.1 Å². The molecule has 2 fully saturated rings. The zero-order chi connectivity index (χ0) is 26.1. The van der Waals surface area contributed by atoms with Crippen molar-refractivity contribution in [2.45, 2.75) is 63.8 Å². The number of nitrogens with zero attached hydrogens (tertiary/aromatic N) is 3. The Morgan fingerprint density at radius 2 is 1.92 bits per heavy atom. The first-order chi connectivity index (χ1) is 17.8. The Morgan fingerprint density at radius 1 is 1.16 bits per heavy atom. The minimum absolute atomic E-state index is 0.186. The number of carbonyl (C=O) groups excluding carboxylic acids is 2. The van der Waals surface area contributed by atoms with E-state index in [2.05, 4.69) is 15.3 Å². The summed E-state index contributed by atoms with van der Waals surface area (Å²) < 4.78 is 7.63. The van der Waals surface area contributed by atoms with Crippen molar-refractivity contribution in [3.8, 4) is 5.75 Å². The third-order valence-electron chi connectivity index (χ3n) is 6.99. The number of aliphatic hydroxyl groups excluding tert-OH is 1. The predicted molar refractivity (Wildman–Crippen MR) is 142 cm³/mol. The molecule has 9 heteroatoms. The number of nitrogens with one attached hydrogen (secondary N) is 1. The normalized spacial score (nSPS) is 17.8. The summed E-state index contributed by atoms with van der Waals surface area (Å²) in [7, 11) is 0. The van der Waals surface area contributed by atoms with Gasteiger partial charge in [-0.2, -0.15) is 5.10 Å². The van der Waals surface area contributed by atoms with E-state index in [1.807, 2.05) is 24.7 Å². The van der Waals surface area contributed by atoms with Crippen molar-refractivity contribution in [1.29, 1.82) is 0 Å². The highest BCUT2D eigenvalue weighted by atomic mass is 35.5. The van der Waals surface area contributed by atoms with Crippen LogP contribution < -0.4 is 10.1 Å². The largest absolute Gasteiger partial charge is 0.489 e. The fraction of sp³-hybridized carbons (Fsp3) is 0.464. The molecule has 1 aromatic heterocycles. The van der Waals surface area contributed by atoms with Gasteiger partial charge in [0.1, 0.15) is 11.9 Å². The van der Waals surface area contributed by atoms with E-state index >= 15 is 0 Å². The van der Waals surface area contributed by atoms with Crippen LogP contribution in [0.1, 0.15) is 67.6 Å². The summed E-state index contributed by atoms with van der Waals surface area (Å²) in [5, 5.41) is 19.9. The summed E-state index contributed by atoms with van der Waals surface area (Å²) in [6, 6.07) is 9.76. The Hall–Kier alpha value is -2.94. The molecule has 1 aliphatic carbocycles. The van der Waals surface area contributed by atoms with Gasteiger partial charge in [-0.05, 0) is 76.4 Å². The molecule has 0 radical (unpaired) electrons. The second-order valence-electron chi connectivity index (χ2n) is 10.3. The van der Waals surface area contributed by atoms with Crippen LogP contribution in [0.4, 0.5) is 0 Å². The molecule has 0 unspecified atom stereocenters. The molecule has 0 spiro atoms. The fourth-order valence-corrected chi connectivity index (χ4v) is 4.90. The minimum atomic E-state index is -1.05. The zero-order valence-corrected chi connectivity index (χ0v) is 21.9. The van der Waals surface area contributed by atoms with Gasteiger partial charge in [0.05, 0.1) is 22.7 Å². The van der Waals surface area contributed by atoms with Crippen molar-refractivity contribution in [3.05, 3.63) is 58.7 Å². The van der Waals surface area contributed by atoms with Crippen LogP contribution in [0.5, 0.6) is 5.75 Å². The highest BCUT2D eigenvalue weighted by molar-refractivity contribution is 6.43. The van der Waals surface area contributed by atoms with E-state index in [0.717, 1.165) is 44.2 Å². The minimum Gasteiger partial charge on any atom is -0.489 e. The summed E-state index contributed by atoms with van der Waals surface area (Å²) in [5.74, 6) is -0.831. The highest BCUT2D eigenvalue weighted by Gasteiger charge is 2.30. The molecule has 1 saturated carbocycles. The van der Waals surface area contributed by atoms with Gasteiger partial charge >= 0.3 is 0 Å². The van der Waals surface area contributed by atoms with E-state index in [9.17, 15) is 14.7 Å². The van der Waals surface area contributed by atoms with Crippen molar-refractivity contribution in [3.63, 3.8) is 0 Å². The van der Waals surface area contributed by atoms with Crippen LogP contribution in [0, 0.1) is 0 Å². The summed E-state index contributed by atoms with van der Waals surface area (Å²) in [6.45, 7) is 6.25. The number of hydrogen-bond acceptors (Lipinski definition) is 6. The van der Waals surface area contributed by atoms with Gasteiger partial charge in [-0.3, -0.25) is 14.3 Å². The van der Waals surface area contributed by atoms with Crippen LogP contribution in [0.2, 0.25) is 5.02 Å². The van der Waals surface area contributed by atoms with Crippen LogP contribution in [-0.4, -0.2) is 63.3 Å². The van der Waals surface area contributed by atoms with Gasteiger partial charge in [-0.15, -0.1) is 0 Å². The summed E-state index contributed by atoms with van der Waals surface area (Å²) in [6.07, 6.45) is 5.25. The molecule has 2 aromatic carbocycles. The summed E-state index contributed by atoms with van der Waals surface area (Å²) in [5.41, 5.74) is 1.48. The van der Waals surface area contributed by atoms with Crippen molar-refractivity contribution < 1.29 is 19.4 Å². The number of likely N-dealkylation sites (tertiary alicyclic amines) is 1. The zero-order valence-electron chi connectivity index (χ0n) is 21.2. The molecule has 0 bridgehead atoms. The number of aromatic nitrogens is 2. The average Bonchev–Trinajstić information content (AvgIpc) is 3.36. The number of aliphatic hydroxyl groups is 1. The number of benzene rings is 2. The van der Waals surface area contributed by atoms with Crippen LogP contribution in [0.15, 0.2) is 42.6 Å². The molecule has 2 N–H and O–H groups in total. The van der Waals surface area contributed by atoms with E-state index in [1.165, 1.54) is 0 Å². The first-order valence-electron chi connectivity index (χ1n) is 13.0. The number of ketones is 1. The Labute approximate surface area is 221 Å². The van der Waals surface area contributed by atoms with Crippen LogP contribution >= 0.6 is 11.6 Å². The van der Waals surface area contributed by atoms with Crippen LogP contribution in [-0.2, 0) is 4.79 Å². The van der Waals surface area contributed by atoms with E-state index in [4.69, 9.17) is 16.3 Å². The average molecular weight is 525 g/mol. The smallest absolute Gasteiger partial charge is 0.292 e. The predicted octanol–water partition coefficient (Wildman–Crippen LogP) is 4.31. The Balaban J connectivity index is 1.33. The number of hydrogen-bond donors (Lipinski definition) is 2. The van der Waals surface area contributed by atoms with Crippen LogP contribution in [0.3, 0.4) is 0 Å². The van der Waals surface area contributed by atoms with Gasteiger partial charge in [0.25, 0.3) is 5.91 Å². The maximum Gasteiger partial charge on any atom is 0.292 e. The Kier molecular flexibility index (Phi) is 7.51. The number of ether oxygens (including phenoxy) is 1. The number of rotatable bonds is 10. The standard InChI is InChI=1S/C28H33ClN4O4/c1-17(2)33-15-20-6-5-19(14-23(20)31-33)27(35)28(36)30-24(16-32-11-3-4-12-32)26(34)18-7-10-25(22(29)13-18)37-21-8-9-21/h5-7,10,13-15,17,21,24,26,34H,3-4,8-9,11-12,16H2,1-2H3,(H,30,36)/t24-,26-/m1/s1. The van der Waals surface area contributed by atoms with Gasteiger partial charge in [-0.1, -0.05) is 29.8 Å². The molecule has 1 aliphatic heterocycles. The number of halogens is 1. The molecule has 196 valence electrons. The quantitative estimate of drug-likeness (QED) is 0.303. The lowest BCUT2D eigenvalue weighted by molar-refractivity contribution is -0.118. The molecule has 3 aromatic rings. The van der Waals surface area contributed by atoms with E-state index in [-0.39, 0.29) is 17.7 Å². The number of amides is 1. The van der Waals surface area contributed by atoms with Gasteiger partial charge in [0.2, 0.25) is 5.78 Å².